The molecule has 3 heterocycles. The minimum Gasteiger partial charge on any atom is -0.505 e. The summed E-state index contributed by atoms with van der Waals surface area (Å²) in [5.74, 6) is 0.734. The van der Waals surface area contributed by atoms with Gasteiger partial charge in [-0.25, -0.2) is 0 Å². The van der Waals surface area contributed by atoms with E-state index in [0.717, 1.165) is 74.3 Å². The van der Waals surface area contributed by atoms with Crippen LogP contribution in [-0.4, -0.2) is 92.5 Å². The van der Waals surface area contributed by atoms with E-state index < -0.39 is 5.72 Å². The van der Waals surface area contributed by atoms with E-state index in [9.17, 15) is 15.1 Å². The lowest BCUT2D eigenvalue weighted by molar-refractivity contribution is 0.0842. The van der Waals surface area contributed by atoms with E-state index in [0.29, 0.717) is 18.5 Å². The Kier molecular flexibility index (Phi) is 17.1. The van der Waals surface area contributed by atoms with E-state index in [1.54, 1.807) is 19.1 Å². The van der Waals surface area contributed by atoms with E-state index in [4.69, 9.17) is 19.9 Å². The smallest absolute Gasteiger partial charge is 0.228 e. The molecule has 0 bridgehead atoms. The summed E-state index contributed by atoms with van der Waals surface area (Å²) in [5.41, 5.74) is 12.4. The number of ether oxygens (including phenoxy) is 1. The Bertz CT molecular complexity index is 3450. The Morgan fingerprint density at radius 1 is 0.615 bits per heavy atom. The van der Waals surface area contributed by atoms with E-state index in [2.05, 4.69) is 183 Å². The zero-order valence-electron chi connectivity index (χ0n) is 46.5. The van der Waals surface area contributed by atoms with Gasteiger partial charge >= 0.3 is 0 Å². The van der Waals surface area contributed by atoms with Gasteiger partial charge in [-0.2, -0.15) is 0 Å². The van der Waals surface area contributed by atoms with Crippen molar-refractivity contribution in [3.63, 3.8) is 0 Å². The number of fused-ring (bicyclic) bond motifs is 6. The largest absolute Gasteiger partial charge is 0.505 e. The van der Waals surface area contributed by atoms with Crippen LogP contribution in [0.3, 0.4) is 0 Å². The van der Waals surface area contributed by atoms with Crippen LogP contribution in [0.4, 0.5) is 34.1 Å². The third-order valence-corrected chi connectivity index (χ3v) is 15.7. The van der Waals surface area contributed by atoms with Crippen molar-refractivity contribution in [2.45, 2.75) is 65.0 Å². The van der Waals surface area contributed by atoms with Gasteiger partial charge in [0.1, 0.15) is 5.69 Å². The summed E-state index contributed by atoms with van der Waals surface area (Å²) >= 11 is 0. The standard InChI is InChI=1S/C32H33N3O2.C20H20N2O3.C12H15N.C2H6O/c1-5-35(18-19-36)23-16-14-22(15-17-23)26-20-28-30(25-11-7-6-10-24(25)26)37-32(21-33-28)31(2,3)27-12-8-9-13-29(27)34(32)4;1-2-22(11-12-23)15-9-7-14(8-10-15)18-13-19(21-25)20(24)17-6-4-3-5-16(17)18;1-9-12(2,3)10-7-5-6-8-11(10)13(9)4;1-2-3/h6-17,20-21,36H,5,18-19H2,1-4H3;3-10,13,23-24H,2,11-12H2,1H3;5-8H,1H2,2-4H3;3H,2H2,1H3. The van der Waals surface area contributed by atoms with Crippen LogP contribution < -0.4 is 24.3 Å². The fourth-order valence-electron chi connectivity index (χ4n) is 11.2. The molecule has 0 aromatic heterocycles. The molecule has 3 aliphatic rings. The topological polar surface area (TPSA) is 145 Å². The minimum absolute atomic E-state index is 0.0354. The molecule has 8 aromatic rings. The second-order valence-electron chi connectivity index (χ2n) is 20.7. The van der Waals surface area contributed by atoms with Crippen LogP contribution in [0.1, 0.15) is 59.6 Å². The molecule has 4 N–H and O–H groups in total. The molecule has 0 amide bonds. The molecule has 0 saturated carbocycles. The molecule has 12 heteroatoms. The minimum atomic E-state index is -0.716. The number of allylic oxidation sites excluding steroid dienone is 1. The number of benzene rings is 8. The number of nitrogens with zero attached hydrogens (tertiary/aromatic N) is 6. The van der Waals surface area contributed by atoms with Crippen molar-refractivity contribution < 1.29 is 25.2 Å². The van der Waals surface area contributed by atoms with Gasteiger partial charge in [0.25, 0.3) is 0 Å². The van der Waals surface area contributed by atoms with E-state index >= 15 is 0 Å². The van der Waals surface area contributed by atoms with Crippen LogP contribution >= 0.6 is 0 Å². The van der Waals surface area contributed by atoms with Gasteiger partial charge < -0.3 is 44.8 Å². The number of aliphatic imine (C=N–C) groups is 1. The van der Waals surface area contributed by atoms with Crippen LogP contribution in [-0.2, 0) is 10.8 Å². The molecule has 0 saturated heterocycles. The zero-order chi connectivity index (χ0) is 55.9. The predicted octanol–water partition coefficient (Wildman–Crippen LogP) is 13.9. The molecule has 3 aliphatic heterocycles. The third kappa shape index (κ3) is 10.3. The molecular weight excluding hydrogens is 973 g/mol. The Morgan fingerprint density at radius 2 is 1.08 bits per heavy atom. The van der Waals surface area contributed by atoms with Gasteiger partial charge in [-0.3, -0.25) is 4.99 Å². The maximum atomic E-state index is 11.1. The summed E-state index contributed by atoms with van der Waals surface area (Å²) in [5, 5.41) is 43.0. The van der Waals surface area contributed by atoms with Gasteiger partial charge in [-0.15, -0.1) is 4.91 Å². The van der Waals surface area contributed by atoms with Crippen molar-refractivity contribution >= 4 is 61.9 Å². The van der Waals surface area contributed by atoms with Gasteiger partial charge in [0.05, 0.1) is 24.8 Å². The average Bonchev–Trinajstić information content (AvgIpc) is 3.81. The molecule has 1 unspecified atom stereocenters. The van der Waals surface area contributed by atoms with Crippen LogP contribution in [0.2, 0.25) is 0 Å². The van der Waals surface area contributed by atoms with Crippen LogP contribution in [0.25, 0.3) is 43.8 Å². The second-order valence-corrected chi connectivity index (χ2v) is 20.7. The maximum Gasteiger partial charge on any atom is 0.228 e. The summed E-state index contributed by atoms with van der Waals surface area (Å²) in [4.78, 5) is 24.8. The van der Waals surface area contributed by atoms with Gasteiger partial charge in [-0.1, -0.05) is 130 Å². The van der Waals surface area contributed by atoms with Crippen molar-refractivity contribution in [3.8, 4) is 33.8 Å². The second kappa shape index (κ2) is 23.7. The van der Waals surface area contributed by atoms with E-state index in [-0.39, 0.29) is 42.1 Å². The van der Waals surface area contributed by atoms with Gasteiger partial charge in [0.15, 0.2) is 17.2 Å². The summed E-state index contributed by atoms with van der Waals surface area (Å²) < 4.78 is 7.03. The number of phenols is 1. The third-order valence-electron chi connectivity index (χ3n) is 15.7. The number of likely N-dealkylation sites (N-methyl/N-ethyl adjacent to an activating group) is 4. The summed E-state index contributed by atoms with van der Waals surface area (Å²) in [6, 6.07) is 53.1. The fourth-order valence-corrected chi connectivity index (χ4v) is 11.2. The normalized spacial score (nSPS) is 15.9. The highest BCUT2D eigenvalue weighted by atomic mass is 16.5. The number of anilines is 4. The maximum absolute atomic E-state index is 11.1. The number of aliphatic hydroxyl groups is 3. The van der Waals surface area contributed by atoms with Gasteiger partial charge in [0.2, 0.25) is 5.72 Å². The molecule has 1 atom stereocenters. The Hall–Kier alpha value is -8.03. The Morgan fingerprint density at radius 3 is 1.58 bits per heavy atom. The SMILES string of the molecule is C=C1N(C)c2ccccc2C1(C)C.CCN(CCO)c1ccc(-c2cc(N=O)c(O)c3ccccc23)cc1.CCN(CCO)c1ccc(-c2cc3c(c4ccccc24)OC2(C=N3)N(C)c3ccccc3C2(C)C)cc1.CCO. The summed E-state index contributed by atoms with van der Waals surface area (Å²) in [7, 11) is 4.18. The lowest BCUT2D eigenvalue weighted by Gasteiger charge is -2.45. The fraction of sp³-hybridized carbons (Fsp3) is 0.288. The number of phenolic OH excluding ortho intramolecular Hbond substituents is 1. The molecule has 0 aliphatic carbocycles. The first-order valence-electron chi connectivity index (χ1n) is 26.8. The number of nitroso groups, excluding NO2 is 1. The first-order chi connectivity index (χ1) is 37.6. The monoisotopic (exact) mass is 1050 g/mol. The molecule has 1 spiro atoms. The summed E-state index contributed by atoms with van der Waals surface area (Å²) in [6.07, 6.45) is 1.99. The number of hydrogen-bond donors (Lipinski definition) is 4. The van der Waals surface area contributed by atoms with E-state index in [1.165, 1.54) is 28.2 Å². The molecule has 8 aromatic carbocycles. The summed E-state index contributed by atoms with van der Waals surface area (Å²) in [6.45, 7) is 22.2. The molecule has 0 fully saturated rings. The molecule has 11 rings (SSSR count). The molecule has 0 radical (unpaired) electrons. The lowest BCUT2D eigenvalue weighted by atomic mass is 9.77. The highest BCUT2D eigenvalue weighted by Crippen LogP contribution is 2.55. The van der Waals surface area contributed by atoms with Gasteiger partial charge in [-0.05, 0) is 132 Å². The molecule has 78 heavy (non-hydrogen) atoms. The van der Waals surface area contributed by atoms with Crippen LogP contribution in [0, 0.1) is 4.91 Å². The number of hydrogen-bond acceptors (Lipinski definition) is 12. The number of para-hydroxylation sites is 2. The quantitative estimate of drug-likeness (QED) is 0.0924. The number of aliphatic hydroxyl groups excluding tert-OH is 3. The molecule has 404 valence electrons. The number of aromatic hydroxyl groups is 1. The van der Waals surface area contributed by atoms with Crippen molar-refractivity contribution in [2.24, 2.45) is 10.2 Å². The van der Waals surface area contributed by atoms with Crippen LogP contribution in [0.5, 0.6) is 11.5 Å². The van der Waals surface area contributed by atoms with E-state index in [1.807, 2.05) is 55.6 Å². The molecular formula is C66H74N6O6. The average molecular weight is 1050 g/mol. The molecule has 12 nitrogen and oxygen atoms in total. The first-order valence-corrected chi connectivity index (χ1v) is 26.8. The Labute approximate surface area is 459 Å². The first kappa shape index (κ1) is 56.2. The Balaban J connectivity index is 0.000000168. The predicted molar refractivity (Wildman–Crippen MR) is 325 cm³/mol. The van der Waals surface area contributed by atoms with Crippen molar-refractivity contribution in [3.05, 3.63) is 186 Å². The van der Waals surface area contributed by atoms with Crippen molar-refractivity contribution in [2.75, 3.05) is 79.7 Å². The lowest BCUT2D eigenvalue weighted by Crippen LogP contribution is -2.61. The van der Waals surface area contributed by atoms with Crippen molar-refractivity contribution in [1.29, 1.82) is 0 Å². The highest BCUT2D eigenvalue weighted by molar-refractivity contribution is 6.06. The highest BCUT2D eigenvalue weighted by Gasteiger charge is 2.58. The van der Waals surface area contributed by atoms with Crippen molar-refractivity contribution in [1.82, 2.24) is 0 Å². The zero-order valence-corrected chi connectivity index (χ0v) is 46.5. The number of rotatable bonds is 11. The van der Waals surface area contributed by atoms with Gasteiger partial charge in [0, 0.05) is 91.5 Å². The van der Waals surface area contributed by atoms with Crippen LogP contribution in [0.15, 0.2) is 180 Å².